The number of carbonyl (C=O) groups excluding carboxylic acids is 3. The lowest BCUT2D eigenvalue weighted by Crippen LogP contribution is -2.54. The van der Waals surface area contributed by atoms with Gasteiger partial charge >= 0.3 is 6.03 Å². The van der Waals surface area contributed by atoms with Crippen LogP contribution < -0.4 is 24.4 Å². The number of hydrogen-bond donors (Lipinski definition) is 1. The summed E-state index contributed by atoms with van der Waals surface area (Å²) < 4.78 is 19.5. The summed E-state index contributed by atoms with van der Waals surface area (Å²) in [6.07, 6.45) is 1.45. The number of barbiturate groups is 1. The molecule has 4 aromatic rings. The Balaban J connectivity index is 1.35. The molecule has 1 aliphatic heterocycles. The second kappa shape index (κ2) is 14.1. The topological polar surface area (TPSA) is 94.2 Å². The van der Waals surface area contributed by atoms with Crippen molar-refractivity contribution in [2.45, 2.75) is 27.1 Å². The predicted octanol–water partition coefficient (Wildman–Crippen LogP) is 7.59. The molecule has 0 spiro atoms. The lowest BCUT2D eigenvalue weighted by atomic mass is 10.1. The number of nitrogens with zero attached hydrogens (tertiary/aromatic N) is 1. The molecule has 4 amide bonds. The van der Waals surface area contributed by atoms with Crippen molar-refractivity contribution < 1.29 is 28.6 Å². The highest BCUT2D eigenvalue weighted by molar-refractivity contribution is 14.1. The average molecular weight is 767 g/mol. The molecule has 0 bridgehead atoms. The first-order chi connectivity index (χ1) is 21.2. The normalized spacial score (nSPS) is 14.0. The molecule has 1 aliphatic rings. The fourth-order valence-electron chi connectivity index (χ4n) is 4.53. The Morgan fingerprint density at radius 2 is 1.59 bits per heavy atom. The zero-order valence-electron chi connectivity index (χ0n) is 23.9. The molecular formula is C34H28BrIN2O6. The van der Waals surface area contributed by atoms with Crippen molar-refractivity contribution in [1.82, 2.24) is 5.32 Å². The highest BCUT2D eigenvalue weighted by Crippen LogP contribution is 2.36. The Kier molecular flexibility index (Phi) is 10.0. The van der Waals surface area contributed by atoms with E-state index in [1.807, 2.05) is 56.3 Å². The minimum atomic E-state index is -0.829. The first-order valence-electron chi connectivity index (χ1n) is 13.7. The molecule has 0 unspecified atom stereocenters. The summed E-state index contributed by atoms with van der Waals surface area (Å²) in [4.78, 5) is 40.0. The number of nitrogens with one attached hydrogen (secondary N) is 1. The van der Waals surface area contributed by atoms with Crippen LogP contribution in [0.4, 0.5) is 10.5 Å². The molecule has 44 heavy (non-hydrogen) atoms. The van der Waals surface area contributed by atoms with Crippen molar-refractivity contribution in [3.8, 4) is 17.2 Å². The lowest BCUT2D eigenvalue weighted by Gasteiger charge is -2.26. The van der Waals surface area contributed by atoms with Crippen LogP contribution in [-0.2, 0) is 22.8 Å². The number of urea groups is 1. The van der Waals surface area contributed by atoms with Crippen LogP contribution in [0.15, 0.2) is 95.0 Å². The monoisotopic (exact) mass is 766 g/mol. The fourth-order valence-corrected chi connectivity index (χ4v) is 5.57. The second-order valence-electron chi connectivity index (χ2n) is 9.91. The average Bonchev–Trinajstić information content (AvgIpc) is 2.99. The van der Waals surface area contributed by atoms with Gasteiger partial charge in [0.15, 0.2) is 11.5 Å². The van der Waals surface area contributed by atoms with Gasteiger partial charge < -0.3 is 14.2 Å². The van der Waals surface area contributed by atoms with E-state index in [-0.39, 0.29) is 5.57 Å². The van der Waals surface area contributed by atoms with Crippen LogP contribution >= 0.6 is 38.5 Å². The van der Waals surface area contributed by atoms with Crippen molar-refractivity contribution in [3.63, 3.8) is 0 Å². The van der Waals surface area contributed by atoms with E-state index in [4.69, 9.17) is 14.2 Å². The van der Waals surface area contributed by atoms with Gasteiger partial charge in [-0.1, -0.05) is 57.9 Å². The standard InChI is InChI=1S/C34H28BrIN2O6/c1-3-42-30-18-24(17-29(36)31(30)44-20-23-6-4-5-21(2)15-23)16-28-32(39)37-34(41)38(33(28)40)26-11-13-27(14-12-26)43-19-22-7-9-25(35)10-8-22/h4-18H,3,19-20H2,1-2H3,(H,37,39,41)/b28-16+. The molecule has 1 N–H and O–H groups in total. The molecule has 0 aliphatic carbocycles. The molecule has 10 heteroatoms. The van der Waals surface area contributed by atoms with Crippen LogP contribution in [0.2, 0.25) is 0 Å². The minimum absolute atomic E-state index is 0.188. The molecule has 0 atom stereocenters. The van der Waals surface area contributed by atoms with Crippen molar-refractivity contribution >= 4 is 68.1 Å². The molecular weight excluding hydrogens is 739 g/mol. The van der Waals surface area contributed by atoms with E-state index in [0.29, 0.717) is 48.3 Å². The van der Waals surface area contributed by atoms with E-state index in [2.05, 4.69) is 49.9 Å². The summed E-state index contributed by atoms with van der Waals surface area (Å²) >= 11 is 5.55. The van der Waals surface area contributed by atoms with Gasteiger partial charge in [-0.15, -0.1) is 0 Å². The van der Waals surface area contributed by atoms with Gasteiger partial charge in [-0.2, -0.15) is 0 Å². The van der Waals surface area contributed by atoms with Crippen molar-refractivity contribution in [1.29, 1.82) is 0 Å². The molecule has 224 valence electrons. The Labute approximate surface area is 277 Å². The Bertz CT molecular complexity index is 1740. The second-order valence-corrected chi connectivity index (χ2v) is 12.0. The fraction of sp³-hybridized carbons (Fsp3) is 0.147. The molecule has 0 aromatic heterocycles. The maximum Gasteiger partial charge on any atom is 0.335 e. The highest BCUT2D eigenvalue weighted by atomic mass is 127. The largest absolute Gasteiger partial charge is 0.490 e. The highest BCUT2D eigenvalue weighted by Gasteiger charge is 2.37. The maximum absolute atomic E-state index is 13.5. The smallest absolute Gasteiger partial charge is 0.335 e. The van der Waals surface area contributed by atoms with Crippen molar-refractivity contribution in [2.24, 2.45) is 0 Å². The third kappa shape index (κ3) is 7.48. The molecule has 0 radical (unpaired) electrons. The van der Waals surface area contributed by atoms with E-state index in [0.717, 1.165) is 29.6 Å². The van der Waals surface area contributed by atoms with Gasteiger partial charge in [0, 0.05) is 4.47 Å². The number of anilines is 1. The minimum Gasteiger partial charge on any atom is -0.490 e. The molecule has 8 nitrogen and oxygen atoms in total. The number of ether oxygens (including phenoxy) is 3. The summed E-state index contributed by atoms with van der Waals surface area (Å²) in [5.41, 5.74) is 3.80. The molecule has 4 aromatic carbocycles. The van der Waals surface area contributed by atoms with E-state index < -0.39 is 17.8 Å². The Hall–Kier alpha value is -4.16. The maximum atomic E-state index is 13.5. The van der Waals surface area contributed by atoms with Gasteiger partial charge in [0.25, 0.3) is 11.8 Å². The first-order valence-corrected chi connectivity index (χ1v) is 15.6. The van der Waals surface area contributed by atoms with Crippen LogP contribution in [-0.4, -0.2) is 24.5 Å². The number of imide groups is 2. The van der Waals surface area contributed by atoms with Crippen LogP contribution in [0.3, 0.4) is 0 Å². The summed E-state index contributed by atoms with van der Waals surface area (Å²) in [6, 6.07) is 25.0. The number of amides is 4. The molecule has 1 saturated heterocycles. The van der Waals surface area contributed by atoms with E-state index in [1.165, 1.54) is 6.08 Å². The van der Waals surface area contributed by atoms with Gasteiger partial charge in [0.1, 0.15) is 24.5 Å². The number of benzene rings is 4. The van der Waals surface area contributed by atoms with Gasteiger partial charge in [0.2, 0.25) is 0 Å². The van der Waals surface area contributed by atoms with Crippen LogP contribution in [0, 0.1) is 10.5 Å². The van der Waals surface area contributed by atoms with Crippen LogP contribution in [0.25, 0.3) is 6.08 Å². The zero-order valence-corrected chi connectivity index (χ0v) is 27.7. The van der Waals surface area contributed by atoms with Gasteiger partial charge in [-0.25, -0.2) is 9.69 Å². The SMILES string of the molecule is CCOc1cc(/C=C2\C(=O)NC(=O)N(c3ccc(OCc4ccc(Br)cc4)cc3)C2=O)cc(I)c1OCc1cccc(C)c1. The predicted molar refractivity (Wildman–Crippen MR) is 180 cm³/mol. The van der Waals surface area contributed by atoms with E-state index >= 15 is 0 Å². The van der Waals surface area contributed by atoms with Gasteiger partial charge in [-0.05, 0) is 108 Å². The number of carbonyl (C=O) groups is 3. The zero-order chi connectivity index (χ0) is 31.2. The molecule has 0 saturated carbocycles. The summed E-state index contributed by atoms with van der Waals surface area (Å²) in [6.45, 7) is 4.98. The lowest BCUT2D eigenvalue weighted by molar-refractivity contribution is -0.122. The summed E-state index contributed by atoms with van der Waals surface area (Å²) in [7, 11) is 0. The van der Waals surface area contributed by atoms with Gasteiger partial charge in [-0.3, -0.25) is 14.9 Å². The molecule has 1 fully saturated rings. The Morgan fingerprint density at radius 3 is 2.30 bits per heavy atom. The van der Waals surface area contributed by atoms with Crippen LogP contribution in [0.5, 0.6) is 17.2 Å². The summed E-state index contributed by atoms with van der Waals surface area (Å²) in [5.74, 6) is 0.0913. The number of hydrogen-bond acceptors (Lipinski definition) is 6. The summed E-state index contributed by atoms with van der Waals surface area (Å²) in [5, 5.41) is 2.27. The van der Waals surface area contributed by atoms with Gasteiger partial charge in [0.05, 0.1) is 15.9 Å². The molecule has 1 heterocycles. The number of halogens is 2. The Morgan fingerprint density at radius 1 is 0.864 bits per heavy atom. The third-order valence-electron chi connectivity index (χ3n) is 6.62. The number of rotatable bonds is 10. The van der Waals surface area contributed by atoms with Crippen LogP contribution in [0.1, 0.15) is 29.2 Å². The quantitative estimate of drug-likeness (QED) is 0.102. The number of aryl methyl sites for hydroxylation is 1. The van der Waals surface area contributed by atoms with E-state index in [1.54, 1.807) is 36.4 Å². The van der Waals surface area contributed by atoms with Crippen molar-refractivity contribution in [2.75, 3.05) is 11.5 Å². The van der Waals surface area contributed by atoms with E-state index in [9.17, 15) is 14.4 Å². The van der Waals surface area contributed by atoms with Crippen molar-refractivity contribution in [3.05, 3.63) is 121 Å². The molecule has 5 rings (SSSR count). The first kappa shape index (κ1) is 31.3. The third-order valence-corrected chi connectivity index (χ3v) is 7.95.